The lowest BCUT2D eigenvalue weighted by molar-refractivity contribution is 0.491. The zero-order valence-corrected chi connectivity index (χ0v) is 25.3. The maximum absolute atomic E-state index is 13.2. The number of nitrogens with one attached hydrogen (secondary N) is 1. The third kappa shape index (κ3) is 6.62. The first-order valence-electron chi connectivity index (χ1n) is 13.5. The van der Waals surface area contributed by atoms with Gasteiger partial charge in [0.15, 0.2) is 0 Å². The molecule has 5 rings (SSSR count). The van der Waals surface area contributed by atoms with Gasteiger partial charge in [0, 0.05) is 52.9 Å². The van der Waals surface area contributed by atoms with Crippen LogP contribution in [0, 0.1) is 0 Å². The summed E-state index contributed by atoms with van der Waals surface area (Å²) in [5, 5.41) is 2.78. The second-order valence-electron chi connectivity index (χ2n) is 10.9. The molecule has 0 unspecified atom stereocenters. The summed E-state index contributed by atoms with van der Waals surface area (Å²) >= 11 is 1.53. The maximum atomic E-state index is 13.2. The standard InChI is InChI=1S/C33H34N4O2S2/c1-33(2,3)36-41(38,39)27-20-25(21-34-22-27)31-28-16-11-17-30(29(28)23-35-32(31)40-4)37(26-14-9-6-10-15-26)19-18-24-12-7-5-8-13-24/h5-17,20-23,36H,18-19H2,1-4H3. The number of nitrogens with zero attached hydrogens (tertiary/aromatic N) is 3. The van der Waals surface area contributed by atoms with E-state index in [1.54, 1.807) is 12.3 Å². The predicted octanol–water partition coefficient (Wildman–Crippen LogP) is 7.48. The summed E-state index contributed by atoms with van der Waals surface area (Å²) in [5.41, 5.74) is 4.36. The number of hydrogen-bond donors (Lipinski definition) is 1. The molecule has 0 aliphatic heterocycles. The largest absolute Gasteiger partial charge is 0.341 e. The van der Waals surface area contributed by atoms with Gasteiger partial charge in [0.25, 0.3) is 0 Å². The van der Waals surface area contributed by atoms with Crippen molar-refractivity contribution in [1.29, 1.82) is 0 Å². The maximum Gasteiger partial charge on any atom is 0.242 e. The summed E-state index contributed by atoms with van der Waals surface area (Å²) < 4.78 is 29.1. The molecule has 0 saturated carbocycles. The molecule has 0 saturated heterocycles. The van der Waals surface area contributed by atoms with Crippen molar-refractivity contribution in [2.45, 2.75) is 42.7 Å². The van der Waals surface area contributed by atoms with E-state index in [4.69, 9.17) is 4.98 Å². The van der Waals surface area contributed by atoms with Crippen molar-refractivity contribution in [3.8, 4) is 11.1 Å². The van der Waals surface area contributed by atoms with E-state index in [0.29, 0.717) is 5.56 Å². The Morgan fingerprint density at radius 1 is 0.854 bits per heavy atom. The quantitative estimate of drug-likeness (QED) is 0.182. The second-order valence-corrected chi connectivity index (χ2v) is 13.3. The molecule has 0 atom stereocenters. The van der Waals surface area contributed by atoms with Crippen molar-refractivity contribution >= 4 is 43.9 Å². The topological polar surface area (TPSA) is 75.2 Å². The van der Waals surface area contributed by atoms with Crippen LogP contribution in [-0.4, -0.2) is 36.7 Å². The van der Waals surface area contributed by atoms with Gasteiger partial charge in [-0.3, -0.25) is 4.98 Å². The van der Waals surface area contributed by atoms with Gasteiger partial charge in [-0.25, -0.2) is 18.1 Å². The zero-order valence-electron chi connectivity index (χ0n) is 23.7. The van der Waals surface area contributed by atoms with Crippen LogP contribution >= 0.6 is 11.8 Å². The van der Waals surface area contributed by atoms with E-state index in [1.807, 2.05) is 45.4 Å². The van der Waals surface area contributed by atoms with Crippen LogP contribution in [-0.2, 0) is 16.4 Å². The number of para-hydroxylation sites is 1. The smallest absolute Gasteiger partial charge is 0.242 e. The Kier molecular flexibility index (Phi) is 8.45. The number of thioether (sulfide) groups is 1. The van der Waals surface area contributed by atoms with Crippen molar-refractivity contribution in [1.82, 2.24) is 14.7 Å². The molecule has 210 valence electrons. The van der Waals surface area contributed by atoms with E-state index in [-0.39, 0.29) is 4.90 Å². The van der Waals surface area contributed by atoms with E-state index in [9.17, 15) is 8.42 Å². The van der Waals surface area contributed by atoms with Gasteiger partial charge in [0.1, 0.15) is 9.92 Å². The normalized spacial score (nSPS) is 12.0. The van der Waals surface area contributed by atoms with Gasteiger partial charge in [-0.2, -0.15) is 0 Å². The fourth-order valence-electron chi connectivity index (χ4n) is 4.93. The highest BCUT2D eigenvalue weighted by Crippen LogP contribution is 2.40. The summed E-state index contributed by atoms with van der Waals surface area (Å²) in [6, 6.07) is 28.8. The number of benzene rings is 3. The minimum absolute atomic E-state index is 0.124. The minimum atomic E-state index is -3.76. The number of fused-ring (bicyclic) bond motifs is 1. The van der Waals surface area contributed by atoms with Gasteiger partial charge >= 0.3 is 0 Å². The molecule has 3 aromatic carbocycles. The number of rotatable bonds is 9. The first-order valence-corrected chi connectivity index (χ1v) is 16.2. The molecule has 0 amide bonds. The Morgan fingerprint density at radius 3 is 2.24 bits per heavy atom. The third-order valence-electron chi connectivity index (χ3n) is 6.65. The molecule has 1 N–H and O–H groups in total. The van der Waals surface area contributed by atoms with Gasteiger partial charge in [-0.05, 0) is 68.7 Å². The van der Waals surface area contributed by atoms with Crippen LogP contribution in [0.4, 0.5) is 11.4 Å². The molecular weight excluding hydrogens is 549 g/mol. The number of hydrogen-bond acceptors (Lipinski definition) is 6. The Labute approximate surface area is 246 Å². The average molecular weight is 583 g/mol. The molecule has 0 bridgehead atoms. The van der Waals surface area contributed by atoms with Crippen molar-refractivity contribution in [2.75, 3.05) is 17.7 Å². The van der Waals surface area contributed by atoms with E-state index in [1.165, 1.54) is 23.5 Å². The summed E-state index contributed by atoms with van der Waals surface area (Å²) in [6.45, 7) is 6.24. The second kappa shape index (κ2) is 12.0. The van der Waals surface area contributed by atoms with Crippen LogP contribution in [0.15, 0.2) is 113 Å². The number of pyridine rings is 2. The highest BCUT2D eigenvalue weighted by atomic mass is 32.2. The molecule has 0 aliphatic rings. The molecule has 2 aromatic heterocycles. The number of sulfonamides is 1. The molecule has 0 fully saturated rings. The first kappa shape index (κ1) is 28.8. The SMILES string of the molecule is CSc1ncc2c(N(CCc3ccccc3)c3ccccc3)cccc2c1-c1cncc(S(=O)(=O)NC(C)(C)C)c1. The molecule has 5 aromatic rings. The van der Waals surface area contributed by atoms with E-state index in [2.05, 4.69) is 81.3 Å². The van der Waals surface area contributed by atoms with Crippen molar-refractivity contribution in [2.24, 2.45) is 0 Å². The first-order chi connectivity index (χ1) is 19.7. The highest BCUT2D eigenvalue weighted by Gasteiger charge is 2.24. The van der Waals surface area contributed by atoms with Gasteiger partial charge in [-0.15, -0.1) is 11.8 Å². The Balaban J connectivity index is 1.65. The number of aromatic nitrogens is 2. The molecular formula is C33H34N4O2S2. The molecule has 0 radical (unpaired) electrons. The number of anilines is 2. The van der Waals surface area contributed by atoms with Gasteiger partial charge in [-0.1, -0.05) is 60.7 Å². The zero-order chi connectivity index (χ0) is 29.0. The van der Waals surface area contributed by atoms with E-state index < -0.39 is 15.6 Å². The van der Waals surface area contributed by atoms with E-state index in [0.717, 1.165) is 45.7 Å². The lowest BCUT2D eigenvalue weighted by Gasteiger charge is -2.27. The summed E-state index contributed by atoms with van der Waals surface area (Å²) in [4.78, 5) is 11.6. The van der Waals surface area contributed by atoms with Gasteiger partial charge < -0.3 is 4.90 Å². The average Bonchev–Trinajstić information content (AvgIpc) is 2.96. The van der Waals surface area contributed by atoms with Crippen LogP contribution < -0.4 is 9.62 Å². The minimum Gasteiger partial charge on any atom is -0.341 e. The van der Waals surface area contributed by atoms with Crippen LogP contribution in [0.2, 0.25) is 0 Å². The Morgan fingerprint density at radius 2 is 1.56 bits per heavy atom. The van der Waals surface area contributed by atoms with Crippen LogP contribution in [0.3, 0.4) is 0 Å². The third-order valence-corrected chi connectivity index (χ3v) is 9.07. The molecule has 41 heavy (non-hydrogen) atoms. The summed E-state index contributed by atoms with van der Waals surface area (Å²) in [5.74, 6) is 0. The fourth-order valence-corrected chi connectivity index (χ4v) is 6.92. The van der Waals surface area contributed by atoms with Crippen molar-refractivity contribution in [3.05, 3.63) is 109 Å². The van der Waals surface area contributed by atoms with Crippen LogP contribution in [0.1, 0.15) is 26.3 Å². The van der Waals surface area contributed by atoms with Crippen LogP contribution in [0.25, 0.3) is 21.9 Å². The molecule has 6 nitrogen and oxygen atoms in total. The highest BCUT2D eigenvalue weighted by molar-refractivity contribution is 7.98. The lowest BCUT2D eigenvalue weighted by Crippen LogP contribution is -2.40. The summed E-state index contributed by atoms with van der Waals surface area (Å²) in [7, 11) is -3.76. The molecule has 0 aliphatic carbocycles. The predicted molar refractivity (Wildman–Crippen MR) is 170 cm³/mol. The molecule has 8 heteroatoms. The van der Waals surface area contributed by atoms with E-state index >= 15 is 0 Å². The molecule has 0 spiro atoms. The lowest BCUT2D eigenvalue weighted by atomic mass is 10.0. The fraction of sp³-hybridized carbons (Fsp3) is 0.212. The summed E-state index contributed by atoms with van der Waals surface area (Å²) in [6.07, 6.45) is 7.88. The van der Waals surface area contributed by atoms with Crippen LogP contribution in [0.5, 0.6) is 0 Å². The monoisotopic (exact) mass is 582 g/mol. The van der Waals surface area contributed by atoms with Crippen molar-refractivity contribution < 1.29 is 8.42 Å². The Hall–Kier alpha value is -3.72. The Bertz CT molecular complexity index is 1750. The van der Waals surface area contributed by atoms with Gasteiger partial charge in [0.2, 0.25) is 10.0 Å². The molecule has 2 heterocycles. The van der Waals surface area contributed by atoms with Crippen molar-refractivity contribution in [3.63, 3.8) is 0 Å². The van der Waals surface area contributed by atoms with Gasteiger partial charge in [0.05, 0.1) is 5.69 Å².